The summed E-state index contributed by atoms with van der Waals surface area (Å²) in [6, 6.07) is 15.9. The normalized spacial score (nSPS) is 11.0. The molecule has 3 aromatic rings. The summed E-state index contributed by atoms with van der Waals surface area (Å²) in [6.45, 7) is 1.42. The fraction of sp³-hybridized carbons (Fsp3) is 0.300. The van der Waals surface area contributed by atoms with Crippen molar-refractivity contribution >= 4 is 28.7 Å². The van der Waals surface area contributed by atoms with Crippen molar-refractivity contribution in [3.8, 4) is 0 Å². The highest BCUT2D eigenvalue weighted by molar-refractivity contribution is 7.98. The molecule has 1 amide bonds. The number of nitrogens with zero attached hydrogens (tertiary/aromatic N) is 3. The van der Waals surface area contributed by atoms with Gasteiger partial charge in [0.15, 0.2) is 5.16 Å². The molecule has 0 fully saturated rings. The molecule has 0 spiro atoms. The number of rotatable bonds is 7. The van der Waals surface area contributed by atoms with Crippen LogP contribution in [0.4, 0.5) is 0 Å². The van der Waals surface area contributed by atoms with Gasteiger partial charge < -0.3 is 14.2 Å². The van der Waals surface area contributed by atoms with Gasteiger partial charge in [0.1, 0.15) is 0 Å². The fourth-order valence-corrected chi connectivity index (χ4v) is 3.71. The molecule has 0 aliphatic heterocycles. The Kier molecular flexibility index (Phi) is 5.96. The van der Waals surface area contributed by atoms with Crippen molar-refractivity contribution in [3.05, 3.63) is 59.7 Å². The van der Waals surface area contributed by atoms with Crippen LogP contribution in [0.5, 0.6) is 0 Å². The van der Waals surface area contributed by atoms with Crippen LogP contribution in [0, 0.1) is 0 Å². The van der Waals surface area contributed by atoms with Crippen LogP contribution in [0.15, 0.2) is 53.7 Å². The Hall–Kier alpha value is -2.31. The number of hydrogen-bond acceptors (Lipinski definition) is 4. The largest absolute Gasteiger partial charge is 0.383 e. The summed E-state index contributed by atoms with van der Waals surface area (Å²) >= 11 is 1.70. The van der Waals surface area contributed by atoms with Gasteiger partial charge in [0.2, 0.25) is 0 Å². The molecule has 0 atom stereocenters. The third-order valence-electron chi connectivity index (χ3n) is 4.11. The second kappa shape index (κ2) is 8.38. The Morgan fingerprint density at radius 3 is 2.58 bits per heavy atom. The van der Waals surface area contributed by atoms with Crippen molar-refractivity contribution in [2.24, 2.45) is 0 Å². The number of methoxy groups -OCH3 is 1. The van der Waals surface area contributed by atoms with Gasteiger partial charge in [-0.25, -0.2) is 4.98 Å². The maximum Gasteiger partial charge on any atom is 0.253 e. The number of thioether (sulfide) groups is 1. The highest BCUT2D eigenvalue weighted by atomic mass is 32.2. The maximum absolute atomic E-state index is 12.0. The first-order valence-electron chi connectivity index (χ1n) is 8.47. The van der Waals surface area contributed by atoms with E-state index < -0.39 is 0 Å². The summed E-state index contributed by atoms with van der Waals surface area (Å²) < 4.78 is 7.44. The van der Waals surface area contributed by atoms with Gasteiger partial charge in [-0.05, 0) is 29.8 Å². The van der Waals surface area contributed by atoms with E-state index in [9.17, 15) is 4.79 Å². The molecule has 1 heterocycles. The van der Waals surface area contributed by atoms with Crippen molar-refractivity contribution in [1.82, 2.24) is 14.5 Å². The third kappa shape index (κ3) is 4.08. The first-order valence-corrected chi connectivity index (χ1v) is 9.46. The fourth-order valence-electron chi connectivity index (χ4n) is 2.71. The van der Waals surface area contributed by atoms with E-state index in [0.717, 1.165) is 34.1 Å². The maximum atomic E-state index is 12.0. The number of hydrogen-bond donors (Lipinski definition) is 0. The number of aromatic nitrogens is 2. The SMILES string of the molecule is COCCn1c(SCc2ccc(C(=O)N(C)C)cc2)nc2ccccc21. The first kappa shape index (κ1) is 18.5. The van der Waals surface area contributed by atoms with Crippen molar-refractivity contribution in [1.29, 1.82) is 0 Å². The van der Waals surface area contributed by atoms with Gasteiger partial charge in [-0.3, -0.25) is 4.79 Å². The van der Waals surface area contributed by atoms with Crippen LogP contribution >= 0.6 is 11.8 Å². The second-order valence-corrected chi connectivity index (χ2v) is 7.16. The molecule has 26 heavy (non-hydrogen) atoms. The van der Waals surface area contributed by atoms with Crippen molar-refractivity contribution in [3.63, 3.8) is 0 Å². The molecule has 3 rings (SSSR count). The van der Waals surface area contributed by atoms with Crippen LogP contribution in [-0.2, 0) is 17.0 Å². The van der Waals surface area contributed by atoms with Crippen molar-refractivity contribution in [2.45, 2.75) is 17.5 Å². The molecule has 0 saturated heterocycles. The quantitative estimate of drug-likeness (QED) is 0.596. The third-order valence-corrected chi connectivity index (χ3v) is 5.16. The van der Waals surface area contributed by atoms with Crippen molar-refractivity contribution in [2.75, 3.05) is 27.8 Å². The summed E-state index contributed by atoms with van der Waals surface area (Å²) in [4.78, 5) is 18.3. The molecule has 0 radical (unpaired) electrons. The van der Waals surface area contributed by atoms with E-state index in [-0.39, 0.29) is 5.91 Å². The van der Waals surface area contributed by atoms with Crippen LogP contribution in [-0.4, -0.2) is 48.2 Å². The first-order chi connectivity index (χ1) is 12.6. The lowest BCUT2D eigenvalue weighted by Crippen LogP contribution is -2.21. The highest BCUT2D eigenvalue weighted by Gasteiger charge is 2.12. The average Bonchev–Trinajstić information content (AvgIpc) is 3.02. The van der Waals surface area contributed by atoms with Gasteiger partial charge in [-0.15, -0.1) is 0 Å². The summed E-state index contributed by atoms with van der Waals surface area (Å²) in [6.07, 6.45) is 0. The minimum absolute atomic E-state index is 0.0190. The monoisotopic (exact) mass is 369 g/mol. The lowest BCUT2D eigenvalue weighted by Gasteiger charge is -2.11. The number of fused-ring (bicyclic) bond motifs is 1. The number of ether oxygens (including phenoxy) is 1. The lowest BCUT2D eigenvalue weighted by molar-refractivity contribution is 0.0827. The molecule has 0 aliphatic rings. The molecule has 0 bridgehead atoms. The smallest absolute Gasteiger partial charge is 0.253 e. The van der Waals surface area contributed by atoms with Crippen LogP contribution in [0.2, 0.25) is 0 Å². The molecule has 5 nitrogen and oxygen atoms in total. The Bertz CT molecular complexity index is 888. The minimum Gasteiger partial charge on any atom is -0.383 e. The lowest BCUT2D eigenvalue weighted by atomic mass is 10.1. The standard InChI is InChI=1S/C20H23N3O2S/c1-22(2)19(24)16-10-8-15(9-11-16)14-26-20-21-17-6-4-5-7-18(17)23(20)12-13-25-3/h4-11H,12-14H2,1-3H3. The number of carbonyl (C=O) groups excluding carboxylic acids is 1. The summed E-state index contributed by atoms with van der Waals surface area (Å²) in [7, 11) is 5.23. The summed E-state index contributed by atoms with van der Waals surface area (Å²) in [5, 5.41) is 0.983. The van der Waals surface area contributed by atoms with E-state index >= 15 is 0 Å². The number of imidazole rings is 1. The molecule has 0 aliphatic carbocycles. The molecule has 136 valence electrons. The number of benzene rings is 2. The molecular weight excluding hydrogens is 346 g/mol. The topological polar surface area (TPSA) is 47.4 Å². The molecule has 6 heteroatoms. The van der Waals surface area contributed by atoms with E-state index in [1.54, 1.807) is 37.9 Å². The molecule has 0 saturated carbocycles. The van der Waals surface area contributed by atoms with E-state index in [2.05, 4.69) is 10.6 Å². The molecule has 0 N–H and O–H groups in total. The predicted octanol–water partition coefficient (Wildman–Crippen LogP) is 3.68. The number of carbonyl (C=O) groups is 1. The van der Waals surface area contributed by atoms with Crippen LogP contribution in [0.25, 0.3) is 11.0 Å². The van der Waals surface area contributed by atoms with E-state index in [1.807, 2.05) is 42.5 Å². The average molecular weight is 369 g/mol. The van der Waals surface area contributed by atoms with Gasteiger partial charge in [0.25, 0.3) is 5.91 Å². The molecule has 2 aromatic carbocycles. The Labute approximate surface area is 158 Å². The Balaban J connectivity index is 1.76. The predicted molar refractivity (Wildman–Crippen MR) is 106 cm³/mol. The van der Waals surface area contributed by atoms with Gasteiger partial charge >= 0.3 is 0 Å². The molecule has 1 aromatic heterocycles. The van der Waals surface area contributed by atoms with E-state index in [0.29, 0.717) is 12.2 Å². The second-order valence-electron chi connectivity index (χ2n) is 6.21. The van der Waals surface area contributed by atoms with Crippen LogP contribution < -0.4 is 0 Å². The Morgan fingerprint density at radius 2 is 1.88 bits per heavy atom. The zero-order valence-electron chi connectivity index (χ0n) is 15.3. The number of para-hydroxylation sites is 2. The van der Waals surface area contributed by atoms with E-state index in [4.69, 9.17) is 9.72 Å². The van der Waals surface area contributed by atoms with E-state index in [1.165, 1.54) is 0 Å². The zero-order valence-corrected chi connectivity index (χ0v) is 16.1. The number of amides is 1. The Morgan fingerprint density at radius 1 is 1.15 bits per heavy atom. The zero-order chi connectivity index (χ0) is 18.5. The van der Waals surface area contributed by atoms with Gasteiger partial charge in [-0.2, -0.15) is 0 Å². The van der Waals surface area contributed by atoms with Gasteiger partial charge in [-0.1, -0.05) is 36.0 Å². The van der Waals surface area contributed by atoms with Gasteiger partial charge in [0, 0.05) is 39.1 Å². The molecule has 0 unspecified atom stereocenters. The summed E-state index contributed by atoms with van der Waals surface area (Å²) in [5.74, 6) is 0.817. The van der Waals surface area contributed by atoms with Crippen LogP contribution in [0.3, 0.4) is 0 Å². The molecular formula is C20H23N3O2S. The minimum atomic E-state index is 0.0190. The van der Waals surface area contributed by atoms with Gasteiger partial charge in [0.05, 0.1) is 17.6 Å². The highest BCUT2D eigenvalue weighted by Crippen LogP contribution is 2.27. The van der Waals surface area contributed by atoms with Crippen molar-refractivity contribution < 1.29 is 9.53 Å². The summed E-state index contributed by atoms with van der Waals surface area (Å²) in [5.41, 5.74) is 3.99. The van der Waals surface area contributed by atoms with Crippen LogP contribution in [0.1, 0.15) is 15.9 Å².